The second kappa shape index (κ2) is 12.3. The number of aromatic nitrogens is 1. The second-order valence-corrected chi connectivity index (χ2v) is 17.2. The maximum absolute atomic E-state index is 15.1. The predicted octanol–water partition coefficient (Wildman–Crippen LogP) is 7.52. The first-order valence-electron chi connectivity index (χ1n) is 14.9. The Bertz CT molecular complexity index is 1720. The molecule has 1 saturated heterocycles. The zero-order valence-electron chi connectivity index (χ0n) is 25.6. The molecule has 2 aromatic carbocycles. The molecule has 7 nitrogen and oxygen atoms in total. The Morgan fingerprint density at radius 1 is 1.11 bits per heavy atom. The number of carboxylic acid groups (broad SMARTS) is 1. The van der Waals surface area contributed by atoms with Gasteiger partial charge in [0.25, 0.3) is 0 Å². The number of hydrogen-bond donors (Lipinski definition) is 1. The lowest BCUT2D eigenvalue weighted by molar-refractivity contribution is -0.154. The number of likely N-dealkylation sites (tertiary alicyclic amines) is 1. The molecule has 0 bridgehead atoms. The van der Waals surface area contributed by atoms with Gasteiger partial charge in [0.15, 0.2) is 9.84 Å². The van der Waals surface area contributed by atoms with Gasteiger partial charge in [0.05, 0.1) is 32.5 Å². The third-order valence-electron chi connectivity index (χ3n) is 9.15. The molecule has 2 aliphatic rings. The molecule has 1 aromatic heterocycles. The van der Waals surface area contributed by atoms with Gasteiger partial charge in [-0.25, -0.2) is 17.6 Å². The summed E-state index contributed by atoms with van der Waals surface area (Å²) in [6, 6.07) is 13.5. The average Bonchev–Trinajstić information content (AvgIpc) is 3.80. The van der Waals surface area contributed by atoms with Crippen molar-refractivity contribution in [3.63, 3.8) is 0 Å². The summed E-state index contributed by atoms with van der Waals surface area (Å²) in [6.45, 7) is 6.80. The highest BCUT2D eigenvalue weighted by molar-refractivity contribution is 7.92. The number of piperidine rings is 1. The van der Waals surface area contributed by atoms with Crippen LogP contribution in [0.5, 0.6) is 0 Å². The van der Waals surface area contributed by atoms with E-state index in [0.29, 0.717) is 22.7 Å². The van der Waals surface area contributed by atoms with E-state index in [2.05, 4.69) is 4.98 Å². The first kappa shape index (κ1) is 33.4. The predicted molar refractivity (Wildman–Crippen MR) is 173 cm³/mol. The fraction of sp³-hybridized carbons (Fsp3) is 0.441. The minimum absolute atomic E-state index is 0.0308. The smallest absolute Gasteiger partial charge is 0.337 e. The summed E-state index contributed by atoms with van der Waals surface area (Å²) in [4.78, 5) is 32.5. The lowest BCUT2D eigenvalue weighted by Crippen LogP contribution is -2.59. The molecule has 3 aromatic rings. The summed E-state index contributed by atoms with van der Waals surface area (Å²) >= 11 is 12.6. The third kappa shape index (κ3) is 6.91. The maximum atomic E-state index is 15.1. The standard InChI is InChI=1S/C34H37Cl2FN2O5S/c1-33(2,3)45(43,44)19-29(20-8-9-20)39-30(22-11-13-27(36)28(37)15-22)26(21-6-5-7-24(35)14-21)17-34(4,32(39)42)16-25-12-10-23(18-38-25)31(40)41/h5-7,10-15,18,20,26,29-30H,8-9,16-17,19H2,1-4H3,(H,40,41)/t26-,29-,30-,34+/m1/s1. The van der Waals surface area contributed by atoms with Crippen LogP contribution in [-0.2, 0) is 21.1 Å². The molecular formula is C34H37Cl2FN2O5S. The van der Waals surface area contributed by atoms with E-state index in [1.807, 2.05) is 25.1 Å². The van der Waals surface area contributed by atoms with Gasteiger partial charge < -0.3 is 10.0 Å². The van der Waals surface area contributed by atoms with Gasteiger partial charge in [-0.05, 0) is 93.5 Å². The van der Waals surface area contributed by atoms with Crippen molar-refractivity contribution in [1.29, 1.82) is 0 Å². The number of rotatable bonds is 9. The number of pyridine rings is 1. The van der Waals surface area contributed by atoms with Crippen LogP contribution in [0.15, 0.2) is 60.8 Å². The number of carboxylic acids is 1. The molecule has 1 aliphatic heterocycles. The Labute approximate surface area is 273 Å². The normalized spacial score (nSPS) is 23.2. The van der Waals surface area contributed by atoms with E-state index in [-0.39, 0.29) is 34.6 Å². The first-order chi connectivity index (χ1) is 21.0. The molecule has 1 saturated carbocycles. The van der Waals surface area contributed by atoms with Gasteiger partial charge in [-0.2, -0.15) is 0 Å². The summed E-state index contributed by atoms with van der Waals surface area (Å²) < 4.78 is 41.5. The molecule has 2 heterocycles. The number of nitrogens with zero attached hydrogens (tertiary/aromatic N) is 2. The van der Waals surface area contributed by atoms with Gasteiger partial charge in [0.2, 0.25) is 5.91 Å². The Morgan fingerprint density at radius 3 is 2.38 bits per heavy atom. The highest BCUT2D eigenvalue weighted by Gasteiger charge is 2.55. The van der Waals surface area contributed by atoms with Crippen molar-refractivity contribution in [3.05, 3.63) is 99.0 Å². The molecule has 1 amide bonds. The Morgan fingerprint density at radius 2 is 1.82 bits per heavy atom. The zero-order chi connectivity index (χ0) is 32.9. The largest absolute Gasteiger partial charge is 0.478 e. The number of halogens is 3. The van der Waals surface area contributed by atoms with E-state index in [0.717, 1.165) is 18.4 Å². The van der Waals surface area contributed by atoms with Crippen molar-refractivity contribution in [2.75, 3.05) is 5.75 Å². The van der Waals surface area contributed by atoms with Crippen LogP contribution >= 0.6 is 23.2 Å². The van der Waals surface area contributed by atoms with Crippen molar-refractivity contribution in [1.82, 2.24) is 9.88 Å². The van der Waals surface area contributed by atoms with Crippen molar-refractivity contribution >= 4 is 44.9 Å². The molecule has 4 atom stereocenters. The lowest BCUT2D eigenvalue weighted by atomic mass is 9.66. The second-order valence-electron chi connectivity index (χ2n) is 13.6. The quantitative estimate of drug-likeness (QED) is 0.252. The van der Waals surface area contributed by atoms with Crippen LogP contribution in [0.2, 0.25) is 10.0 Å². The third-order valence-corrected chi connectivity index (χ3v) is 12.3. The van der Waals surface area contributed by atoms with E-state index in [4.69, 9.17) is 23.2 Å². The van der Waals surface area contributed by atoms with Gasteiger partial charge >= 0.3 is 5.97 Å². The monoisotopic (exact) mass is 674 g/mol. The number of amides is 1. The Balaban J connectivity index is 1.70. The summed E-state index contributed by atoms with van der Waals surface area (Å²) in [5, 5.41) is 9.80. The molecule has 0 unspecified atom stereocenters. The van der Waals surface area contributed by atoms with Gasteiger partial charge in [-0.15, -0.1) is 0 Å². The fourth-order valence-corrected chi connectivity index (χ4v) is 8.10. The first-order valence-corrected chi connectivity index (χ1v) is 17.4. The van der Waals surface area contributed by atoms with Crippen LogP contribution in [-0.4, -0.2) is 51.8 Å². The van der Waals surface area contributed by atoms with E-state index >= 15 is 4.39 Å². The summed E-state index contributed by atoms with van der Waals surface area (Å²) in [7, 11) is -3.67. The number of hydrogen-bond acceptors (Lipinski definition) is 5. The Kier molecular flexibility index (Phi) is 9.12. The van der Waals surface area contributed by atoms with E-state index in [1.54, 1.807) is 43.9 Å². The topological polar surface area (TPSA) is 105 Å². The Hall–Kier alpha value is -3.01. The lowest BCUT2D eigenvalue weighted by Gasteiger charge is -2.52. The molecule has 1 N–H and O–H groups in total. The van der Waals surface area contributed by atoms with E-state index in [1.165, 1.54) is 24.4 Å². The van der Waals surface area contributed by atoms with Crippen molar-refractivity contribution in [3.8, 4) is 0 Å². The van der Waals surface area contributed by atoms with Crippen LogP contribution < -0.4 is 0 Å². The van der Waals surface area contributed by atoms with Crippen LogP contribution in [0, 0.1) is 17.2 Å². The van der Waals surface area contributed by atoms with Crippen LogP contribution in [0.4, 0.5) is 4.39 Å². The SMILES string of the molecule is CC(C)(C)S(=O)(=O)C[C@H](C1CC1)N1C(=O)[C@@](C)(Cc2ccc(C(=O)O)cn2)C[C@H](c2cccc(Cl)c2)[C@H]1c1ccc(Cl)c(F)c1. The van der Waals surface area contributed by atoms with Crippen LogP contribution in [0.1, 0.15) is 86.1 Å². The highest BCUT2D eigenvalue weighted by atomic mass is 35.5. The number of carbonyl (C=O) groups is 2. The van der Waals surface area contributed by atoms with Crippen molar-refractivity contribution < 1.29 is 27.5 Å². The molecule has 1 aliphatic carbocycles. The van der Waals surface area contributed by atoms with Gasteiger partial charge in [0.1, 0.15) is 5.82 Å². The van der Waals surface area contributed by atoms with Crippen molar-refractivity contribution in [2.24, 2.45) is 11.3 Å². The van der Waals surface area contributed by atoms with Gasteiger partial charge in [-0.3, -0.25) is 9.78 Å². The number of aromatic carboxylic acids is 1. The molecular weight excluding hydrogens is 638 g/mol. The summed E-state index contributed by atoms with van der Waals surface area (Å²) in [5.41, 5.74) is 0.837. The summed E-state index contributed by atoms with van der Waals surface area (Å²) in [6.07, 6.45) is 3.32. The number of benzene rings is 2. The van der Waals surface area contributed by atoms with Crippen LogP contribution in [0.3, 0.4) is 0 Å². The van der Waals surface area contributed by atoms with Gasteiger partial charge in [-0.1, -0.05) is 48.3 Å². The molecule has 0 spiro atoms. The number of carbonyl (C=O) groups excluding carboxylic acids is 1. The molecule has 2 fully saturated rings. The zero-order valence-corrected chi connectivity index (χ0v) is 28.0. The molecule has 0 radical (unpaired) electrons. The summed E-state index contributed by atoms with van der Waals surface area (Å²) in [5.74, 6) is -2.67. The van der Waals surface area contributed by atoms with Gasteiger partial charge in [0, 0.05) is 35.3 Å². The average molecular weight is 676 g/mol. The maximum Gasteiger partial charge on any atom is 0.337 e. The number of sulfone groups is 1. The van der Waals surface area contributed by atoms with E-state index < -0.39 is 49.8 Å². The molecule has 11 heteroatoms. The highest BCUT2D eigenvalue weighted by Crippen LogP contribution is 2.54. The van der Waals surface area contributed by atoms with Crippen LogP contribution in [0.25, 0.3) is 0 Å². The molecule has 240 valence electrons. The fourth-order valence-electron chi connectivity index (χ4n) is 6.40. The minimum atomic E-state index is -3.67. The molecule has 45 heavy (non-hydrogen) atoms. The van der Waals surface area contributed by atoms with E-state index in [9.17, 15) is 23.1 Å². The minimum Gasteiger partial charge on any atom is -0.478 e. The van der Waals surface area contributed by atoms with Crippen molar-refractivity contribution in [2.45, 2.75) is 76.1 Å². The molecule has 5 rings (SSSR count).